The van der Waals surface area contributed by atoms with Crippen LogP contribution in [-0.4, -0.2) is 15.2 Å². The van der Waals surface area contributed by atoms with Crippen molar-refractivity contribution in [1.29, 1.82) is 0 Å². The van der Waals surface area contributed by atoms with E-state index < -0.39 is 17.4 Å². The zero-order chi connectivity index (χ0) is 12.5. The second-order valence-corrected chi connectivity index (χ2v) is 3.23. The van der Waals surface area contributed by atoms with Crippen LogP contribution in [0.3, 0.4) is 0 Å². The molecule has 0 fully saturated rings. The van der Waals surface area contributed by atoms with Gasteiger partial charge in [0.1, 0.15) is 5.69 Å². The van der Waals surface area contributed by atoms with Crippen molar-refractivity contribution in [3.63, 3.8) is 0 Å². The third kappa shape index (κ3) is 2.49. The summed E-state index contributed by atoms with van der Waals surface area (Å²) in [5.41, 5.74) is -0.928. The topological polar surface area (TPSA) is 58.6 Å². The van der Waals surface area contributed by atoms with Crippen LogP contribution in [-0.2, 0) is 6.18 Å². The number of nitrogens with zero attached hydrogens (tertiary/aromatic N) is 2. The Morgan fingerprint density at radius 3 is 2.53 bits per heavy atom. The molecule has 0 amide bonds. The molecule has 88 valence electrons. The summed E-state index contributed by atoms with van der Waals surface area (Å²) >= 11 is 0. The van der Waals surface area contributed by atoms with E-state index in [2.05, 4.69) is 15.2 Å². The average molecular weight is 241 g/mol. The lowest BCUT2D eigenvalue weighted by atomic mass is 10.1. The number of nitrogens with one attached hydrogen (secondary N) is 1. The van der Waals surface area contributed by atoms with Gasteiger partial charge in [-0.15, -0.1) is 0 Å². The van der Waals surface area contributed by atoms with Gasteiger partial charge in [0.2, 0.25) is 0 Å². The van der Waals surface area contributed by atoms with E-state index in [1.165, 1.54) is 18.2 Å². The Morgan fingerprint density at radius 2 is 1.94 bits per heavy atom. The van der Waals surface area contributed by atoms with Crippen LogP contribution in [0.5, 0.6) is 0 Å². The Kier molecular flexibility index (Phi) is 2.66. The van der Waals surface area contributed by atoms with Crippen LogP contribution < -0.4 is 5.56 Å². The first kappa shape index (κ1) is 11.3. The molecule has 0 unspecified atom stereocenters. The first-order chi connectivity index (χ1) is 7.97. The van der Waals surface area contributed by atoms with E-state index in [0.717, 1.165) is 12.3 Å². The summed E-state index contributed by atoms with van der Waals surface area (Å²) in [5, 5.41) is 5.79. The molecule has 4 nitrogen and oxygen atoms in total. The fourth-order valence-corrected chi connectivity index (χ4v) is 1.25. The second kappa shape index (κ2) is 4.00. The van der Waals surface area contributed by atoms with Crippen molar-refractivity contribution in [3.05, 3.63) is 46.5 Å². The van der Waals surface area contributed by atoms with Gasteiger partial charge in [-0.05, 0) is 18.2 Å². The first-order valence-corrected chi connectivity index (χ1v) is 4.56. The van der Waals surface area contributed by atoms with Crippen LogP contribution in [0.2, 0.25) is 0 Å². The summed E-state index contributed by atoms with van der Waals surface area (Å²) < 4.78 is 37.2. The van der Waals surface area contributed by atoms with Crippen molar-refractivity contribution >= 4 is 0 Å². The predicted octanol–water partition coefficient (Wildman–Crippen LogP) is 1.85. The second-order valence-electron chi connectivity index (χ2n) is 3.23. The highest BCUT2D eigenvalue weighted by molar-refractivity contribution is 5.58. The Hall–Kier alpha value is -2.18. The monoisotopic (exact) mass is 241 g/mol. The summed E-state index contributed by atoms with van der Waals surface area (Å²) in [5.74, 6) is 0. The Balaban J connectivity index is 2.47. The summed E-state index contributed by atoms with van der Waals surface area (Å²) in [6, 6.07) is 4.79. The van der Waals surface area contributed by atoms with Gasteiger partial charge in [-0.1, -0.05) is 0 Å². The van der Waals surface area contributed by atoms with Crippen LogP contribution in [0.4, 0.5) is 13.2 Å². The minimum Gasteiger partial charge on any atom is -0.268 e. The molecule has 7 heteroatoms. The molecular weight excluding hydrogens is 235 g/mol. The predicted molar refractivity (Wildman–Crippen MR) is 53.1 cm³/mol. The SMILES string of the molecule is O=c1ccc(-c2ccnc(C(F)(F)F)c2)n[nH]1. The molecule has 0 aromatic carbocycles. The van der Waals surface area contributed by atoms with Gasteiger partial charge < -0.3 is 0 Å². The van der Waals surface area contributed by atoms with Gasteiger partial charge in [0.05, 0.1) is 5.69 Å². The molecule has 1 N–H and O–H groups in total. The lowest BCUT2D eigenvalue weighted by Gasteiger charge is -2.06. The fourth-order valence-electron chi connectivity index (χ4n) is 1.25. The number of alkyl halides is 3. The van der Waals surface area contributed by atoms with Gasteiger partial charge in [-0.2, -0.15) is 18.3 Å². The minimum absolute atomic E-state index is 0.239. The van der Waals surface area contributed by atoms with Crippen molar-refractivity contribution in [2.75, 3.05) is 0 Å². The number of hydrogen-bond donors (Lipinski definition) is 1. The van der Waals surface area contributed by atoms with E-state index in [0.29, 0.717) is 0 Å². The van der Waals surface area contributed by atoms with Crippen LogP contribution >= 0.6 is 0 Å². The largest absolute Gasteiger partial charge is 0.433 e. The third-order valence-electron chi connectivity index (χ3n) is 2.03. The molecule has 0 spiro atoms. The zero-order valence-corrected chi connectivity index (χ0v) is 8.32. The smallest absolute Gasteiger partial charge is 0.268 e. The highest BCUT2D eigenvalue weighted by atomic mass is 19.4. The summed E-state index contributed by atoms with van der Waals surface area (Å²) in [7, 11) is 0. The van der Waals surface area contributed by atoms with Crippen LogP contribution in [0, 0.1) is 0 Å². The summed E-state index contributed by atoms with van der Waals surface area (Å²) in [6.45, 7) is 0. The van der Waals surface area contributed by atoms with Gasteiger partial charge in [0.15, 0.2) is 0 Å². The highest BCUT2D eigenvalue weighted by Crippen LogP contribution is 2.29. The highest BCUT2D eigenvalue weighted by Gasteiger charge is 2.32. The molecule has 0 bridgehead atoms. The van der Waals surface area contributed by atoms with E-state index in [4.69, 9.17) is 0 Å². The zero-order valence-electron chi connectivity index (χ0n) is 8.32. The number of hydrogen-bond acceptors (Lipinski definition) is 3. The molecule has 0 aliphatic carbocycles. The van der Waals surface area contributed by atoms with Gasteiger partial charge in [-0.25, -0.2) is 5.10 Å². The average Bonchev–Trinajstić information content (AvgIpc) is 2.29. The van der Waals surface area contributed by atoms with Crippen molar-refractivity contribution in [1.82, 2.24) is 15.2 Å². The van der Waals surface area contributed by atoms with Crippen LogP contribution in [0.1, 0.15) is 5.69 Å². The van der Waals surface area contributed by atoms with E-state index in [1.54, 1.807) is 0 Å². The molecule has 17 heavy (non-hydrogen) atoms. The Bertz CT molecular complexity index is 571. The molecular formula is C10H6F3N3O. The normalized spacial score (nSPS) is 11.5. The third-order valence-corrected chi connectivity index (χ3v) is 2.03. The summed E-state index contributed by atoms with van der Waals surface area (Å²) in [4.78, 5) is 14.0. The molecule has 2 heterocycles. The number of H-pyrrole nitrogens is 1. The van der Waals surface area contributed by atoms with E-state index >= 15 is 0 Å². The van der Waals surface area contributed by atoms with E-state index in [1.807, 2.05) is 0 Å². The summed E-state index contributed by atoms with van der Waals surface area (Å²) in [6.07, 6.45) is -3.46. The first-order valence-electron chi connectivity index (χ1n) is 4.56. The molecule has 2 rings (SSSR count). The Morgan fingerprint density at radius 1 is 1.18 bits per heavy atom. The molecule has 0 aliphatic rings. The molecule has 0 radical (unpaired) electrons. The number of pyridine rings is 1. The number of halogens is 3. The maximum absolute atomic E-state index is 12.4. The number of aromatic amines is 1. The van der Waals surface area contributed by atoms with Crippen molar-refractivity contribution in [2.24, 2.45) is 0 Å². The standard InChI is InChI=1S/C10H6F3N3O/c11-10(12,13)8-5-6(3-4-14-8)7-1-2-9(17)16-15-7/h1-5H,(H,16,17). The Labute approximate surface area is 93.1 Å². The van der Waals surface area contributed by atoms with E-state index in [9.17, 15) is 18.0 Å². The molecule has 2 aromatic rings. The van der Waals surface area contributed by atoms with Crippen LogP contribution in [0.15, 0.2) is 35.3 Å². The quantitative estimate of drug-likeness (QED) is 0.828. The van der Waals surface area contributed by atoms with Crippen LogP contribution in [0.25, 0.3) is 11.3 Å². The number of aromatic nitrogens is 3. The fraction of sp³-hybridized carbons (Fsp3) is 0.100. The molecule has 0 saturated carbocycles. The maximum Gasteiger partial charge on any atom is 0.433 e. The van der Waals surface area contributed by atoms with Gasteiger partial charge in [0.25, 0.3) is 5.56 Å². The molecule has 0 atom stereocenters. The number of rotatable bonds is 1. The van der Waals surface area contributed by atoms with Gasteiger partial charge >= 0.3 is 6.18 Å². The van der Waals surface area contributed by atoms with Gasteiger partial charge in [-0.3, -0.25) is 9.78 Å². The maximum atomic E-state index is 12.4. The molecule has 0 saturated heterocycles. The van der Waals surface area contributed by atoms with Crippen molar-refractivity contribution in [3.8, 4) is 11.3 Å². The van der Waals surface area contributed by atoms with Crippen molar-refractivity contribution in [2.45, 2.75) is 6.18 Å². The molecule has 2 aromatic heterocycles. The molecule has 0 aliphatic heterocycles. The van der Waals surface area contributed by atoms with E-state index in [-0.39, 0.29) is 11.3 Å². The van der Waals surface area contributed by atoms with Crippen molar-refractivity contribution < 1.29 is 13.2 Å². The lowest BCUT2D eigenvalue weighted by Crippen LogP contribution is -2.09. The lowest BCUT2D eigenvalue weighted by molar-refractivity contribution is -0.141. The minimum atomic E-state index is -4.50. The van der Waals surface area contributed by atoms with Gasteiger partial charge in [0, 0.05) is 17.8 Å².